The number of hydrogen-bond acceptors (Lipinski definition) is 6. The number of unbranched alkanes of at least 4 members (excludes halogenated alkanes) is 1. The minimum Gasteiger partial charge on any atom is -0.493 e. The van der Waals surface area contributed by atoms with Gasteiger partial charge in [0.05, 0.1) is 14.2 Å². The van der Waals surface area contributed by atoms with E-state index in [1.54, 1.807) is 14.2 Å². The van der Waals surface area contributed by atoms with Crippen LogP contribution in [0.25, 0.3) is 0 Å². The van der Waals surface area contributed by atoms with E-state index < -0.39 is 9.15 Å². The second-order valence-corrected chi connectivity index (χ2v) is 8.12. The molecule has 0 amide bonds. The smallest absolute Gasteiger partial charge is 0.319 e. The van der Waals surface area contributed by atoms with Crippen molar-refractivity contribution in [3.8, 4) is 11.5 Å². The summed E-state index contributed by atoms with van der Waals surface area (Å²) in [5.41, 5.74) is 1.19. The van der Waals surface area contributed by atoms with Crippen LogP contribution in [0.1, 0.15) is 18.4 Å². The Morgan fingerprint density at radius 1 is 1.14 bits per heavy atom. The van der Waals surface area contributed by atoms with E-state index in [0.717, 1.165) is 37.3 Å². The molecule has 0 saturated carbocycles. The van der Waals surface area contributed by atoms with Crippen LogP contribution in [0.5, 0.6) is 11.5 Å². The molecule has 0 aliphatic carbocycles. The second kappa shape index (κ2) is 9.94. The summed E-state index contributed by atoms with van der Waals surface area (Å²) in [6.07, 6.45) is 2.96. The average molecular weight is 349 g/mol. The molecular weight excluding hydrogens is 326 g/mol. The Morgan fingerprint density at radius 2 is 1.86 bits per heavy atom. The van der Waals surface area contributed by atoms with E-state index in [2.05, 4.69) is 5.32 Å². The molecule has 1 rings (SSSR count). The topological polar surface area (TPSA) is 84.9 Å². The number of ether oxygens (including phenoxy) is 2. The molecule has 1 aromatic carbocycles. The van der Waals surface area contributed by atoms with Crippen molar-refractivity contribution in [2.75, 3.05) is 33.1 Å². The molecule has 0 aromatic heterocycles. The third-order valence-corrected chi connectivity index (χ3v) is 5.09. The average Bonchev–Trinajstić information content (AvgIpc) is 2.48. The quantitative estimate of drug-likeness (QED) is 0.360. The molecule has 1 aromatic rings. The summed E-state index contributed by atoms with van der Waals surface area (Å²) in [6.45, 7) is 1.38. The van der Waals surface area contributed by atoms with Crippen LogP contribution in [0.2, 0.25) is 0 Å². The molecular formula is C14H23NO5S2. The Hall–Kier alpha value is -0.960. The van der Waals surface area contributed by atoms with Crippen LogP contribution in [0, 0.1) is 0 Å². The highest BCUT2D eigenvalue weighted by Gasteiger charge is 2.05. The molecule has 0 heterocycles. The monoisotopic (exact) mass is 349 g/mol. The van der Waals surface area contributed by atoms with E-state index in [1.165, 1.54) is 5.56 Å². The third kappa shape index (κ3) is 7.88. The highest BCUT2D eigenvalue weighted by Crippen LogP contribution is 2.28. The highest BCUT2D eigenvalue weighted by molar-refractivity contribution is 8.69. The predicted molar refractivity (Wildman–Crippen MR) is 89.4 cm³/mol. The molecule has 0 aliphatic heterocycles. The predicted octanol–water partition coefficient (Wildman–Crippen LogP) is 2.15. The minimum absolute atomic E-state index is 0.342. The SMILES string of the molecule is COc1ccc(CCCCNCCSS(=O)(=O)O)cc1OC. The maximum Gasteiger partial charge on any atom is 0.319 e. The van der Waals surface area contributed by atoms with E-state index in [1.807, 2.05) is 18.2 Å². The summed E-state index contributed by atoms with van der Waals surface area (Å²) in [4.78, 5) is 0. The van der Waals surface area contributed by atoms with Crippen molar-refractivity contribution < 1.29 is 22.4 Å². The number of benzene rings is 1. The van der Waals surface area contributed by atoms with Gasteiger partial charge in [-0.3, -0.25) is 4.55 Å². The molecule has 0 atom stereocenters. The fourth-order valence-corrected chi connectivity index (χ4v) is 3.28. The molecule has 0 spiro atoms. The fourth-order valence-electron chi connectivity index (χ4n) is 1.96. The summed E-state index contributed by atoms with van der Waals surface area (Å²) in [6, 6.07) is 5.91. The fraction of sp³-hybridized carbons (Fsp3) is 0.571. The maximum atomic E-state index is 10.5. The Bertz CT molecular complexity index is 548. The molecule has 0 fully saturated rings. The molecule has 0 radical (unpaired) electrons. The Morgan fingerprint density at radius 3 is 2.50 bits per heavy atom. The molecule has 6 nitrogen and oxygen atoms in total. The lowest BCUT2D eigenvalue weighted by atomic mass is 10.1. The van der Waals surface area contributed by atoms with Crippen LogP contribution < -0.4 is 14.8 Å². The standard InChI is InChI=1S/C14H23NO5S2/c1-19-13-7-6-12(11-14(13)20-2)5-3-4-8-15-9-10-21-22(16,17)18/h6-7,11,15H,3-5,8-10H2,1-2H3,(H,16,17,18). The zero-order valence-corrected chi connectivity index (χ0v) is 14.5. The molecule has 2 N–H and O–H groups in total. The van der Waals surface area contributed by atoms with Gasteiger partial charge in [0.15, 0.2) is 11.5 Å². The van der Waals surface area contributed by atoms with Gasteiger partial charge < -0.3 is 14.8 Å². The van der Waals surface area contributed by atoms with E-state index in [0.29, 0.717) is 23.1 Å². The van der Waals surface area contributed by atoms with E-state index in [-0.39, 0.29) is 0 Å². The van der Waals surface area contributed by atoms with Gasteiger partial charge in [0.25, 0.3) is 0 Å². The van der Waals surface area contributed by atoms with Crippen LogP contribution >= 0.6 is 10.8 Å². The molecule has 0 bridgehead atoms. The highest BCUT2D eigenvalue weighted by atomic mass is 33.1. The van der Waals surface area contributed by atoms with Crippen molar-refractivity contribution in [2.45, 2.75) is 19.3 Å². The second-order valence-electron chi connectivity index (χ2n) is 4.65. The first-order valence-corrected chi connectivity index (χ1v) is 9.94. The van der Waals surface area contributed by atoms with Crippen molar-refractivity contribution in [3.63, 3.8) is 0 Å². The molecule has 0 unspecified atom stereocenters. The van der Waals surface area contributed by atoms with Gasteiger partial charge in [0.2, 0.25) is 0 Å². The molecule has 22 heavy (non-hydrogen) atoms. The van der Waals surface area contributed by atoms with E-state index in [4.69, 9.17) is 14.0 Å². The van der Waals surface area contributed by atoms with Crippen LogP contribution in [-0.2, 0) is 15.6 Å². The van der Waals surface area contributed by atoms with Gasteiger partial charge in [-0.05, 0) is 54.3 Å². The van der Waals surface area contributed by atoms with Gasteiger partial charge in [0, 0.05) is 12.3 Å². The largest absolute Gasteiger partial charge is 0.493 e. The lowest BCUT2D eigenvalue weighted by Gasteiger charge is -2.09. The maximum absolute atomic E-state index is 10.5. The number of nitrogens with one attached hydrogen (secondary N) is 1. The van der Waals surface area contributed by atoms with Gasteiger partial charge in [-0.15, -0.1) is 0 Å². The van der Waals surface area contributed by atoms with Crippen LogP contribution in [0.4, 0.5) is 0 Å². The number of rotatable bonds is 11. The summed E-state index contributed by atoms with van der Waals surface area (Å²) < 4.78 is 40.0. The van der Waals surface area contributed by atoms with Crippen molar-refractivity contribution in [1.82, 2.24) is 5.32 Å². The molecule has 0 aliphatic rings. The van der Waals surface area contributed by atoms with E-state index >= 15 is 0 Å². The van der Waals surface area contributed by atoms with Crippen molar-refractivity contribution in [1.29, 1.82) is 0 Å². The Balaban J connectivity index is 2.17. The Labute approximate surface area is 135 Å². The zero-order valence-electron chi connectivity index (χ0n) is 12.9. The zero-order chi connectivity index (χ0) is 16.4. The molecule has 126 valence electrons. The van der Waals surface area contributed by atoms with Crippen molar-refractivity contribution in [3.05, 3.63) is 23.8 Å². The third-order valence-electron chi connectivity index (χ3n) is 3.03. The van der Waals surface area contributed by atoms with Gasteiger partial charge in [-0.1, -0.05) is 6.07 Å². The summed E-state index contributed by atoms with van der Waals surface area (Å²) in [7, 11) is -0.138. The molecule has 0 saturated heterocycles. The Kier molecular flexibility index (Phi) is 8.62. The summed E-state index contributed by atoms with van der Waals surface area (Å²) >= 11 is 0. The van der Waals surface area contributed by atoms with Crippen LogP contribution in [-0.4, -0.2) is 46.0 Å². The molecule has 8 heteroatoms. The van der Waals surface area contributed by atoms with Crippen LogP contribution in [0.15, 0.2) is 18.2 Å². The van der Waals surface area contributed by atoms with Gasteiger partial charge >= 0.3 is 9.15 Å². The lowest BCUT2D eigenvalue weighted by Crippen LogP contribution is -2.19. The van der Waals surface area contributed by atoms with Crippen molar-refractivity contribution >= 4 is 19.9 Å². The number of methoxy groups -OCH3 is 2. The van der Waals surface area contributed by atoms with Gasteiger partial charge in [-0.25, -0.2) is 0 Å². The minimum atomic E-state index is -3.92. The normalized spacial score (nSPS) is 11.4. The summed E-state index contributed by atoms with van der Waals surface area (Å²) in [5.74, 6) is 1.80. The van der Waals surface area contributed by atoms with Gasteiger partial charge in [0.1, 0.15) is 0 Å². The number of aryl methyl sites for hydroxylation is 1. The first-order valence-electron chi connectivity index (χ1n) is 6.99. The first kappa shape index (κ1) is 19.1. The van der Waals surface area contributed by atoms with E-state index in [9.17, 15) is 8.42 Å². The van der Waals surface area contributed by atoms with Crippen LogP contribution in [0.3, 0.4) is 0 Å². The lowest BCUT2D eigenvalue weighted by molar-refractivity contribution is 0.354. The number of hydrogen-bond donors (Lipinski definition) is 2. The van der Waals surface area contributed by atoms with Crippen molar-refractivity contribution in [2.24, 2.45) is 0 Å². The summed E-state index contributed by atoms with van der Waals surface area (Å²) in [5, 5.41) is 3.14. The first-order chi connectivity index (χ1) is 10.5. The van der Waals surface area contributed by atoms with Gasteiger partial charge in [-0.2, -0.15) is 8.42 Å².